The predicted octanol–water partition coefficient (Wildman–Crippen LogP) is 5.30. The molecule has 1 fully saturated rings. The van der Waals surface area contributed by atoms with Gasteiger partial charge < -0.3 is 14.2 Å². The van der Waals surface area contributed by atoms with Gasteiger partial charge in [0.15, 0.2) is 6.29 Å². The summed E-state index contributed by atoms with van der Waals surface area (Å²) in [4.78, 5) is 12.1. The Morgan fingerprint density at radius 1 is 1.16 bits per heavy atom. The number of rotatable bonds is 11. The molecule has 0 aromatic heterocycles. The molecule has 0 saturated carbocycles. The Kier molecular flexibility index (Phi) is 8.97. The van der Waals surface area contributed by atoms with Crippen LogP contribution in [0, 0.1) is 0 Å². The fourth-order valence-corrected chi connectivity index (χ4v) is 3.55. The van der Waals surface area contributed by atoms with Crippen molar-refractivity contribution in [3.63, 3.8) is 0 Å². The van der Waals surface area contributed by atoms with Crippen LogP contribution in [-0.4, -0.2) is 31.1 Å². The summed E-state index contributed by atoms with van der Waals surface area (Å²) < 4.78 is 17.5. The molecule has 2 unspecified atom stereocenters. The summed E-state index contributed by atoms with van der Waals surface area (Å²) >= 11 is 0. The lowest BCUT2D eigenvalue weighted by atomic mass is 9.89. The maximum absolute atomic E-state index is 12.1. The first-order chi connectivity index (χ1) is 12.2. The van der Waals surface area contributed by atoms with Crippen LogP contribution in [0.15, 0.2) is 11.6 Å². The quantitative estimate of drug-likeness (QED) is 0.374. The summed E-state index contributed by atoms with van der Waals surface area (Å²) in [6.45, 7) is 5.29. The molecular formula is C21H36O4. The minimum atomic E-state index is -0.499. The van der Waals surface area contributed by atoms with E-state index in [-0.39, 0.29) is 12.3 Å². The maximum atomic E-state index is 12.1. The monoisotopic (exact) mass is 352 g/mol. The van der Waals surface area contributed by atoms with E-state index in [2.05, 4.69) is 6.92 Å². The molecule has 4 nitrogen and oxygen atoms in total. The summed E-state index contributed by atoms with van der Waals surface area (Å²) in [6, 6.07) is 0. The van der Waals surface area contributed by atoms with Crippen molar-refractivity contribution in [2.24, 2.45) is 0 Å². The van der Waals surface area contributed by atoms with E-state index in [1.54, 1.807) is 0 Å². The van der Waals surface area contributed by atoms with Crippen molar-refractivity contribution in [1.29, 1.82) is 0 Å². The fourth-order valence-electron chi connectivity index (χ4n) is 3.55. The number of carbonyl (C=O) groups is 1. The van der Waals surface area contributed by atoms with Crippen LogP contribution in [0.4, 0.5) is 0 Å². The highest BCUT2D eigenvalue weighted by Gasteiger charge is 2.38. The predicted molar refractivity (Wildman–Crippen MR) is 99.4 cm³/mol. The van der Waals surface area contributed by atoms with Crippen LogP contribution in [-0.2, 0) is 19.0 Å². The van der Waals surface area contributed by atoms with E-state index in [1.807, 2.05) is 13.0 Å². The molecule has 25 heavy (non-hydrogen) atoms. The van der Waals surface area contributed by atoms with Crippen molar-refractivity contribution in [1.82, 2.24) is 0 Å². The Bertz CT molecular complexity index is 426. The first-order valence-electron chi connectivity index (χ1n) is 10.3. The molecular weight excluding hydrogens is 316 g/mol. The standard InChI is InChI=1S/C21H36O4/c1-3-4-5-6-7-8-10-14-21(15-13-18(2)20(22)25-21)17-24-19-12-9-11-16-23-19/h13,19H,3-12,14-17H2,1-2H3. The smallest absolute Gasteiger partial charge is 0.334 e. The number of hydrogen-bond acceptors (Lipinski definition) is 4. The number of ether oxygens (including phenoxy) is 3. The second kappa shape index (κ2) is 11.0. The number of esters is 1. The average molecular weight is 353 g/mol. The zero-order valence-corrected chi connectivity index (χ0v) is 16.2. The Balaban J connectivity index is 1.79. The van der Waals surface area contributed by atoms with Gasteiger partial charge in [0.2, 0.25) is 0 Å². The third kappa shape index (κ3) is 7.10. The van der Waals surface area contributed by atoms with Crippen LogP contribution in [0.5, 0.6) is 0 Å². The third-order valence-electron chi connectivity index (χ3n) is 5.32. The third-order valence-corrected chi connectivity index (χ3v) is 5.32. The van der Waals surface area contributed by atoms with E-state index < -0.39 is 5.60 Å². The van der Waals surface area contributed by atoms with Crippen LogP contribution in [0.25, 0.3) is 0 Å². The van der Waals surface area contributed by atoms with Crippen molar-refractivity contribution in [3.05, 3.63) is 11.6 Å². The topological polar surface area (TPSA) is 44.8 Å². The van der Waals surface area contributed by atoms with E-state index in [0.29, 0.717) is 12.2 Å². The lowest BCUT2D eigenvalue weighted by Gasteiger charge is -2.37. The molecule has 2 heterocycles. The number of hydrogen-bond donors (Lipinski definition) is 0. The number of unbranched alkanes of at least 4 members (excludes halogenated alkanes) is 6. The van der Waals surface area contributed by atoms with Gasteiger partial charge >= 0.3 is 5.97 Å². The first-order valence-corrected chi connectivity index (χ1v) is 10.3. The van der Waals surface area contributed by atoms with Crippen molar-refractivity contribution in [3.8, 4) is 0 Å². The van der Waals surface area contributed by atoms with Gasteiger partial charge in [-0.2, -0.15) is 0 Å². The molecule has 0 aromatic carbocycles. The molecule has 1 saturated heterocycles. The van der Waals surface area contributed by atoms with Crippen LogP contribution in [0.3, 0.4) is 0 Å². The van der Waals surface area contributed by atoms with Gasteiger partial charge in [0.1, 0.15) is 5.60 Å². The molecule has 0 spiro atoms. The Morgan fingerprint density at radius 2 is 1.92 bits per heavy atom. The van der Waals surface area contributed by atoms with Crippen LogP contribution >= 0.6 is 0 Å². The minimum absolute atomic E-state index is 0.134. The minimum Gasteiger partial charge on any atom is -0.453 e. The molecule has 2 rings (SSSR count). The highest BCUT2D eigenvalue weighted by atomic mass is 16.7. The van der Waals surface area contributed by atoms with Gasteiger partial charge in [0.25, 0.3) is 0 Å². The molecule has 2 atom stereocenters. The summed E-state index contributed by atoms with van der Waals surface area (Å²) in [5.41, 5.74) is 0.213. The second-order valence-electron chi connectivity index (χ2n) is 7.64. The molecule has 0 amide bonds. The summed E-state index contributed by atoms with van der Waals surface area (Å²) in [5, 5.41) is 0. The van der Waals surface area contributed by atoms with Crippen LogP contribution in [0.1, 0.15) is 90.9 Å². The van der Waals surface area contributed by atoms with E-state index in [9.17, 15) is 4.79 Å². The van der Waals surface area contributed by atoms with Gasteiger partial charge in [-0.3, -0.25) is 0 Å². The van der Waals surface area contributed by atoms with E-state index in [4.69, 9.17) is 14.2 Å². The van der Waals surface area contributed by atoms with E-state index >= 15 is 0 Å². The zero-order chi connectivity index (χ0) is 18.0. The largest absolute Gasteiger partial charge is 0.453 e. The summed E-state index contributed by atoms with van der Waals surface area (Å²) in [6.07, 6.45) is 15.5. The summed E-state index contributed by atoms with van der Waals surface area (Å²) in [7, 11) is 0. The molecule has 0 N–H and O–H groups in total. The van der Waals surface area contributed by atoms with Gasteiger partial charge in [0.05, 0.1) is 6.61 Å². The molecule has 0 radical (unpaired) electrons. The van der Waals surface area contributed by atoms with Crippen molar-refractivity contribution in [2.75, 3.05) is 13.2 Å². The normalized spacial score (nSPS) is 27.0. The molecule has 2 aliphatic rings. The van der Waals surface area contributed by atoms with Crippen molar-refractivity contribution >= 4 is 5.97 Å². The van der Waals surface area contributed by atoms with E-state index in [0.717, 1.165) is 45.1 Å². The van der Waals surface area contributed by atoms with Gasteiger partial charge in [-0.1, -0.05) is 51.5 Å². The van der Waals surface area contributed by atoms with E-state index in [1.165, 1.54) is 38.5 Å². The molecule has 0 aromatic rings. The average Bonchev–Trinajstić information content (AvgIpc) is 2.63. The Morgan fingerprint density at radius 3 is 2.60 bits per heavy atom. The Labute approximate surface area is 153 Å². The van der Waals surface area contributed by atoms with Crippen molar-refractivity contribution < 1.29 is 19.0 Å². The fraction of sp³-hybridized carbons (Fsp3) is 0.857. The molecule has 2 aliphatic heterocycles. The van der Waals surface area contributed by atoms with Crippen LogP contribution < -0.4 is 0 Å². The van der Waals surface area contributed by atoms with Gasteiger partial charge in [0, 0.05) is 18.6 Å². The lowest BCUT2D eigenvalue weighted by molar-refractivity contribution is -0.205. The zero-order valence-electron chi connectivity index (χ0n) is 16.2. The highest BCUT2D eigenvalue weighted by Crippen LogP contribution is 2.32. The molecule has 4 heteroatoms. The highest BCUT2D eigenvalue weighted by molar-refractivity contribution is 5.88. The lowest BCUT2D eigenvalue weighted by Crippen LogP contribution is -2.44. The Hall–Kier alpha value is -0.870. The number of carbonyl (C=O) groups excluding carboxylic acids is 1. The van der Waals surface area contributed by atoms with Gasteiger partial charge in [-0.05, 0) is 39.0 Å². The SMILES string of the molecule is CCCCCCCCCC1(COC2CCCCO2)CC=C(C)C(=O)O1. The molecule has 0 bridgehead atoms. The van der Waals surface area contributed by atoms with Crippen molar-refractivity contribution in [2.45, 2.75) is 103 Å². The number of cyclic esters (lactones) is 1. The first kappa shape index (κ1) is 20.4. The van der Waals surface area contributed by atoms with Gasteiger partial charge in [-0.25, -0.2) is 4.79 Å². The molecule has 0 aliphatic carbocycles. The van der Waals surface area contributed by atoms with Gasteiger partial charge in [-0.15, -0.1) is 0 Å². The summed E-state index contributed by atoms with van der Waals surface area (Å²) in [5.74, 6) is -0.192. The molecule has 144 valence electrons. The maximum Gasteiger partial charge on any atom is 0.334 e. The second-order valence-corrected chi connectivity index (χ2v) is 7.64. The van der Waals surface area contributed by atoms with Crippen LogP contribution in [0.2, 0.25) is 0 Å².